The average Bonchev–Trinajstić information content (AvgIpc) is 2.83. The van der Waals surface area contributed by atoms with Crippen molar-refractivity contribution in [3.8, 4) is 0 Å². The first-order valence-electron chi connectivity index (χ1n) is 4.82. The van der Waals surface area contributed by atoms with Crippen LogP contribution < -0.4 is 4.83 Å². The minimum atomic E-state index is -3.56. The SMILES string of the molecule is O=S(=O)(N/N=C\c1cccs1)c1ccccc1. The van der Waals surface area contributed by atoms with E-state index in [0.717, 1.165) is 4.88 Å². The molecule has 1 aromatic carbocycles. The molecule has 0 fully saturated rings. The summed E-state index contributed by atoms with van der Waals surface area (Å²) in [6, 6.07) is 11.8. The summed E-state index contributed by atoms with van der Waals surface area (Å²) in [6.45, 7) is 0. The fourth-order valence-electron chi connectivity index (χ4n) is 1.18. The van der Waals surface area contributed by atoms with Crippen LogP contribution in [0.3, 0.4) is 0 Å². The fraction of sp³-hybridized carbons (Fsp3) is 0. The lowest BCUT2D eigenvalue weighted by molar-refractivity contribution is 0.584. The minimum absolute atomic E-state index is 0.198. The Morgan fingerprint density at radius 3 is 2.53 bits per heavy atom. The van der Waals surface area contributed by atoms with Crippen LogP contribution in [0.5, 0.6) is 0 Å². The number of nitrogens with zero attached hydrogens (tertiary/aromatic N) is 1. The molecule has 0 unspecified atom stereocenters. The molecule has 0 aliphatic rings. The van der Waals surface area contributed by atoms with Gasteiger partial charge in [0.2, 0.25) is 0 Å². The highest BCUT2D eigenvalue weighted by atomic mass is 32.2. The van der Waals surface area contributed by atoms with E-state index in [2.05, 4.69) is 9.93 Å². The second kappa shape index (κ2) is 5.11. The first-order valence-corrected chi connectivity index (χ1v) is 7.18. The number of sulfonamides is 1. The Kier molecular flexibility index (Phi) is 3.55. The summed E-state index contributed by atoms with van der Waals surface area (Å²) in [5.74, 6) is 0. The number of thiophene rings is 1. The van der Waals surface area contributed by atoms with Gasteiger partial charge in [-0.05, 0) is 23.6 Å². The first-order chi connectivity index (χ1) is 8.18. The first kappa shape index (κ1) is 11.8. The molecule has 88 valence electrons. The van der Waals surface area contributed by atoms with Gasteiger partial charge < -0.3 is 0 Å². The number of nitrogens with one attached hydrogen (secondary N) is 1. The zero-order valence-corrected chi connectivity index (χ0v) is 10.4. The van der Waals surface area contributed by atoms with Crippen molar-refractivity contribution in [2.45, 2.75) is 4.90 Å². The van der Waals surface area contributed by atoms with Gasteiger partial charge >= 0.3 is 0 Å². The smallest absolute Gasteiger partial charge is 0.200 e. The molecule has 0 aliphatic carbocycles. The molecule has 4 nitrogen and oxygen atoms in total. The Labute approximate surface area is 104 Å². The summed E-state index contributed by atoms with van der Waals surface area (Å²) in [5.41, 5.74) is 0. The molecule has 1 N–H and O–H groups in total. The minimum Gasteiger partial charge on any atom is -0.200 e. The van der Waals surface area contributed by atoms with E-state index in [0.29, 0.717) is 0 Å². The molecule has 2 rings (SSSR count). The predicted octanol–water partition coefficient (Wildman–Crippen LogP) is 2.06. The molecule has 0 bridgehead atoms. The fourth-order valence-corrected chi connectivity index (χ4v) is 2.57. The summed E-state index contributed by atoms with van der Waals surface area (Å²) >= 11 is 1.49. The third kappa shape index (κ3) is 3.15. The van der Waals surface area contributed by atoms with Gasteiger partial charge in [0.15, 0.2) is 0 Å². The lowest BCUT2D eigenvalue weighted by Crippen LogP contribution is -2.18. The molecule has 1 heterocycles. The highest BCUT2D eigenvalue weighted by molar-refractivity contribution is 7.89. The quantitative estimate of drug-likeness (QED) is 0.680. The summed E-state index contributed by atoms with van der Waals surface area (Å²) in [4.78, 5) is 3.25. The lowest BCUT2D eigenvalue weighted by Gasteiger charge is -2.01. The van der Waals surface area contributed by atoms with Crippen LogP contribution in [0, 0.1) is 0 Å². The molecular formula is C11H10N2O2S2. The molecule has 17 heavy (non-hydrogen) atoms. The molecule has 0 radical (unpaired) electrons. The van der Waals surface area contributed by atoms with E-state index in [-0.39, 0.29) is 4.90 Å². The predicted molar refractivity (Wildman–Crippen MR) is 68.7 cm³/mol. The largest absolute Gasteiger partial charge is 0.276 e. The number of rotatable bonds is 4. The van der Waals surface area contributed by atoms with E-state index in [4.69, 9.17) is 0 Å². The summed E-state index contributed by atoms with van der Waals surface area (Å²) < 4.78 is 23.5. The number of hydrazone groups is 1. The number of benzene rings is 1. The maximum Gasteiger partial charge on any atom is 0.276 e. The maximum absolute atomic E-state index is 11.7. The van der Waals surface area contributed by atoms with Crippen LogP contribution in [0.25, 0.3) is 0 Å². The van der Waals surface area contributed by atoms with E-state index in [1.54, 1.807) is 18.2 Å². The van der Waals surface area contributed by atoms with Gasteiger partial charge in [0.05, 0.1) is 11.1 Å². The molecule has 0 saturated carbocycles. The van der Waals surface area contributed by atoms with Crippen molar-refractivity contribution >= 4 is 27.6 Å². The highest BCUT2D eigenvalue weighted by Gasteiger charge is 2.10. The molecule has 2 aromatic rings. The standard InChI is InChI=1S/C11H10N2O2S2/c14-17(15,11-6-2-1-3-7-11)13-12-9-10-5-4-8-16-10/h1-9,13H/b12-9-. The summed E-state index contributed by atoms with van der Waals surface area (Å²) in [6.07, 6.45) is 1.48. The van der Waals surface area contributed by atoms with Crippen molar-refractivity contribution in [2.75, 3.05) is 0 Å². The normalized spacial score (nSPS) is 11.8. The Morgan fingerprint density at radius 2 is 1.88 bits per heavy atom. The monoisotopic (exact) mass is 266 g/mol. The number of hydrogen-bond donors (Lipinski definition) is 1. The van der Waals surface area contributed by atoms with Gasteiger partial charge in [0, 0.05) is 4.88 Å². The van der Waals surface area contributed by atoms with Crippen LogP contribution in [-0.4, -0.2) is 14.6 Å². The molecular weight excluding hydrogens is 256 g/mol. The Hall–Kier alpha value is -1.66. The van der Waals surface area contributed by atoms with Crippen molar-refractivity contribution < 1.29 is 8.42 Å². The highest BCUT2D eigenvalue weighted by Crippen LogP contribution is 2.07. The Bertz CT molecular complexity index is 590. The topological polar surface area (TPSA) is 58.5 Å². The van der Waals surface area contributed by atoms with Crippen molar-refractivity contribution in [3.05, 3.63) is 52.7 Å². The van der Waals surface area contributed by atoms with Crippen LogP contribution in [0.2, 0.25) is 0 Å². The Morgan fingerprint density at radius 1 is 1.12 bits per heavy atom. The van der Waals surface area contributed by atoms with Gasteiger partial charge in [-0.25, -0.2) is 4.83 Å². The van der Waals surface area contributed by atoms with E-state index in [1.807, 2.05) is 17.5 Å². The van der Waals surface area contributed by atoms with Crippen LogP contribution in [0.1, 0.15) is 4.88 Å². The molecule has 6 heteroatoms. The van der Waals surface area contributed by atoms with E-state index in [1.165, 1.54) is 29.7 Å². The van der Waals surface area contributed by atoms with Crippen molar-refractivity contribution in [3.63, 3.8) is 0 Å². The molecule has 0 spiro atoms. The maximum atomic E-state index is 11.7. The lowest BCUT2D eigenvalue weighted by atomic mass is 10.4. The van der Waals surface area contributed by atoms with E-state index < -0.39 is 10.0 Å². The van der Waals surface area contributed by atoms with E-state index in [9.17, 15) is 8.42 Å². The second-order valence-electron chi connectivity index (χ2n) is 3.18. The van der Waals surface area contributed by atoms with Gasteiger partial charge in [-0.3, -0.25) is 0 Å². The van der Waals surface area contributed by atoms with Crippen LogP contribution in [0.15, 0.2) is 57.8 Å². The van der Waals surface area contributed by atoms with Gasteiger partial charge in [-0.2, -0.15) is 13.5 Å². The van der Waals surface area contributed by atoms with Crippen LogP contribution >= 0.6 is 11.3 Å². The zero-order chi connectivity index (χ0) is 12.1. The number of hydrogen-bond acceptors (Lipinski definition) is 4. The summed E-state index contributed by atoms with van der Waals surface area (Å²) in [7, 11) is -3.56. The van der Waals surface area contributed by atoms with Crippen molar-refractivity contribution in [1.82, 2.24) is 4.83 Å². The van der Waals surface area contributed by atoms with Gasteiger partial charge in [-0.1, -0.05) is 24.3 Å². The third-order valence-electron chi connectivity index (χ3n) is 1.96. The molecule has 1 aromatic heterocycles. The van der Waals surface area contributed by atoms with E-state index >= 15 is 0 Å². The van der Waals surface area contributed by atoms with Crippen molar-refractivity contribution in [1.29, 1.82) is 0 Å². The Balaban J connectivity index is 2.09. The molecule has 0 atom stereocenters. The summed E-state index contributed by atoms with van der Waals surface area (Å²) in [5, 5.41) is 5.61. The van der Waals surface area contributed by atoms with Crippen molar-refractivity contribution in [2.24, 2.45) is 5.10 Å². The van der Waals surface area contributed by atoms with Crippen LogP contribution in [-0.2, 0) is 10.0 Å². The van der Waals surface area contributed by atoms with Gasteiger partial charge in [-0.15, -0.1) is 11.3 Å². The van der Waals surface area contributed by atoms with Crippen LogP contribution in [0.4, 0.5) is 0 Å². The zero-order valence-electron chi connectivity index (χ0n) is 8.78. The molecule has 0 saturated heterocycles. The van der Waals surface area contributed by atoms with Gasteiger partial charge in [0.25, 0.3) is 10.0 Å². The second-order valence-corrected chi connectivity index (χ2v) is 5.82. The van der Waals surface area contributed by atoms with Gasteiger partial charge in [0.1, 0.15) is 0 Å². The average molecular weight is 266 g/mol. The third-order valence-corrected chi connectivity index (χ3v) is 4.01. The molecule has 0 aliphatic heterocycles. The molecule has 0 amide bonds.